The van der Waals surface area contributed by atoms with E-state index in [1.165, 1.54) is 28.5 Å². The summed E-state index contributed by atoms with van der Waals surface area (Å²) in [5.41, 5.74) is 5.74. The van der Waals surface area contributed by atoms with Gasteiger partial charge in [0.15, 0.2) is 9.92 Å². The van der Waals surface area contributed by atoms with E-state index in [9.17, 15) is 9.00 Å². The molecule has 1 aromatic carbocycles. The minimum atomic E-state index is -3.52. The lowest BCUT2D eigenvalue weighted by Gasteiger charge is -2.31. The topological polar surface area (TPSA) is 121 Å². The van der Waals surface area contributed by atoms with Crippen LogP contribution in [-0.4, -0.2) is 39.8 Å². The van der Waals surface area contributed by atoms with E-state index in [2.05, 4.69) is 27.8 Å². The van der Waals surface area contributed by atoms with Crippen LogP contribution in [0.4, 0.5) is 10.5 Å². The summed E-state index contributed by atoms with van der Waals surface area (Å²) in [6, 6.07) is 1.55. The molecule has 30 heavy (non-hydrogen) atoms. The second kappa shape index (κ2) is 7.07. The second-order valence-corrected chi connectivity index (χ2v) is 9.96. The molecule has 10 heteroatoms. The Morgan fingerprint density at radius 2 is 2.30 bits per heavy atom. The van der Waals surface area contributed by atoms with Crippen LogP contribution >= 0.6 is 0 Å². The molecule has 0 radical (unpaired) electrons. The Bertz CT molecular complexity index is 1160. The molecular formula is C20H25N5O4S. The van der Waals surface area contributed by atoms with E-state index in [-0.39, 0.29) is 16.9 Å². The Balaban J connectivity index is 1.44. The number of aromatic nitrogens is 2. The summed E-state index contributed by atoms with van der Waals surface area (Å²) in [7, 11) is -1.94. The van der Waals surface area contributed by atoms with E-state index in [1.54, 1.807) is 11.8 Å². The molecule has 2 heterocycles. The van der Waals surface area contributed by atoms with Crippen LogP contribution in [0.3, 0.4) is 0 Å². The lowest BCUT2D eigenvalue weighted by molar-refractivity contribution is 0.0920. The number of methoxy groups -OCH3 is 1. The molecule has 3 aliphatic rings. The van der Waals surface area contributed by atoms with Crippen LogP contribution in [0.25, 0.3) is 0 Å². The molecule has 0 bridgehead atoms. The number of nitrogens with two attached hydrogens (primary N) is 1. The Morgan fingerprint density at radius 1 is 1.47 bits per heavy atom. The Labute approximate surface area is 175 Å². The van der Waals surface area contributed by atoms with Crippen LogP contribution in [0.1, 0.15) is 41.5 Å². The number of aryl methyl sites for hydroxylation is 1. The Morgan fingerprint density at radius 3 is 3.07 bits per heavy atom. The highest BCUT2D eigenvalue weighted by atomic mass is 32.2. The molecule has 0 spiro atoms. The highest BCUT2D eigenvalue weighted by Crippen LogP contribution is 2.45. The zero-order valence-electron chi connectivity index (χ0n) is 17.0. The van der Waals surface area contributed by atoms with Crippen molar-refractivity contribution in [3.63, 3.8) is 0 Å². The maximum Gasteiger partial charge on any atom is 0.354 e. The third-order valence-electron chi connectivity index (χ3n) is 6.08. The van der Waals surface area contributed by atoms with Gasteiger partial charge in [-0.1, -0.05) is 13.0 Å². The molecule has 1 aromatic heterocycles. The van der Waals surface area contributed by atoms with Crippen molar-refractivity contribution in [1.82, 2.24) is 9.78 Å². The molecule has 0 fully saturated rings. The fourth-order valence-electron chi connectivity index (χ4n) is 4.77. The molecule has 2 aromatic rings. The van der Waals surface area contributed by atoms with Gasteiger partial charge in [-0.25, -0.2) is 18.8 Å². The number of ether oxygens (including phenoxy) is 2. The van der Waals surface area contributed by atoms with E-state index < -0.39 is 15.9 Å². The molecule has 0 saturated heterocycles. The van der Waals surface area contributed by atoms with Gasteiger partial charge in [-0.15, -0.1) is 4.36 Å². The third-order valence-corrected chi connectivity index (χ3v) is 7.42. The molecule has 9 nitrogen and oxygen atoms in total. The SMILES string of the molecule is COC[C@@H]1Cn2ncc([S@@](N)(=O)=NC(=O)Nc3c4c(cc5c3[C@@H](C)C5)CCC4)c2O1. The van der Waals surface area contributed by atoms with Crippen LogP contribution in [0.15, 0.2) is 21.5 Å². The van der Waals surface area contributed by atoms with Crippen LogP contribution in [-0.2, 0) is 40.5 Å². The van der Waals surface area contributed by atoms with Crippen molar-refractivity contribution in [3.05, 3.63) is 34.5 Å². The van der Waals surface area contributed by atoms with Crippen molar-refractivity contribution in [2.24, 2.45) is 9.50 Å². The summed E-state index contributed by atoms with van der Waals surface area (Å²) in [6.45, 7) is 2.98. The molecule has 160 valence electrons. The normalized spacial score (nSPS) is 22.9. The first-order chi connectivity index (χ1) is 14.4. The van der Waals surface area contributed by atoms with Gasteiger partial charge in [0.05, 0.1) is 19.3 Å². The average Bonchev–Trinajstić information content (AvgIpc) is 3.35. The fourth-order valence-corrected chi connectivity index (χ4v) is 5.76. The maximum atomic E-state index is 13.1. The molecule has 2 amide bonds. The first-order valence-corrected chi connectivity index (χ1v) is 11.7. The summed E-state index contributed by atoms with van der Waals surface area (Å²) in [5, 5.41) is 13.0. The van der Waals surface area contributed by atoms with Crippen LogP contribution in [0.2, 0.25) is 0 Å². The monoisotopic (exact) mass is 431 g/mol. The summed E-state index contributed by atoms with van der Waals surface area (Å²) in [6.07, 6.45) is 5.14. The quantitative estimate of drug-likeness (QED) is 0.770. The van der Waals surface area contributed by atoms with Gasteiger partial charge in [-0.3, -0.25) is 0 Å². The van der Waals surface area contributed by atoms with Gasteiger partial charge in [0.25, 0.3) is 0 Å². The van der Waals surface area contributed by atoms with E-state index in [1.807, 2.05) is 0 Å². The van der Waals surface area contributed by atoms with Gasteiger partial charge in [0.1, 0.15) is 11.0 Å². The number of anilines is 1. The van der Waals surface area contributed by atoms with Crippen molar-refractivity contribution < 1.29 is 18.5 Å². The van der Waals surface area contributed by atoms with Crippen LogP contribution in [0.5, 0.6) is 5.88 Å². The van der Waals surface area contributed by atoms with Crippen LogP contribution in [0, 0.1) is 0 Å². The van der Waals surface area contributed by atoms with Crippen molar-refractivity contribution in [2.45, 2.75) is 56.1 Å². The lowest BCUT2D eigenvalue weighted by Crippen LogP contribution is -2.23. The van der Waals surface area contributed by atoms with Gasteiger partial charge in [-0.2, -0.15) is 5.10 Å². The molecule has 1 aliphatic heterocycles. The number of fused-ring (bicyclic) bond motifs is 3. The number of carbonyl (C=O) groups is 1. The summed E-state index contributed by atoms with van der Waals surface area (Å²) in [4.78, 5) is 12.9. The number of nitrogens with zero attached hydrogens (tertiary/aromatic N) is 3. The molecule has 0 saturated carbocycles. The predicted molar refractivity (Wildman–Crippen MR) is 111 cm³/mol. The molecule has 5 rings (SSSR count). The minimum Gasteiger partial charge on any atom is -0.469 e. The predicted octanol–water partition coefficient (Wildman–Crippen LogP) is 2.37. The average molecular weight is 432 g/mol. The van der Waals surface area contributed by atoms with E-state index in [0.29, 0.717) is 19.1 Å². The zero-order chi connectivity index (χ0) is 21.0. The van der Waals surface area contributed by atoms with E-state index >= 15 is 0 Å². The highest BCUT2D eigenvalue weighted by molar-refractivity contribution is 7.91. The Hall–Kier alpha value is -2.43. The lowest BCUT2D eigenvalue weighted by atomic mass is 9.75. The van der Waals surface area contributed by atoms with Gasteiger partial charge < -0.3 is 14.8 Å². The first kappa shape index (κ1) is 19.5. The number of carbonyl (C=O) groups excluding carboxylic acids is 1. The number of urea groups is 1. The summed E-state index contributed by atoms with van der Waals surface area (Å²) < 4.78 is 29.4. The molecule has 2 aliphatic carbocycles. The number of hydrogen-bond donors (Lipinski definition) is 2. The number of benzene rings is 1. The van der Waals surface area contributed by atoms with Crippen molar-refractivity contribution in [2.75, 3.05) is 19.0 Å². The third kappa shape index (κ3) is 3.10. The van der Waals surface area contributed by atoms with E-state index in [4.69, 9.17) is 14.6 Å². The maximum absolute atomic E-state index is 13.1. The standard InChI is InChI=1S/C20H25N5O4S/c1-11-6-13-7-12-4-3-5-15(12)18(17(11)13)23-20(26)24-30(21,27)16-8-22-25-9-14(10-28-2)29-19(16)25/h7-8,11,14H,3-6,9-10H2,1-2H3,(H3,21,23,24,26,27)/t11-,14-,30-/m0/s1. The summed E-state index contributed by atoms with van der Waals surface area (Å²) >= 11 is 0. The van der Waals surface area contributed by atoms with Crippen molar-refractivity contribution in [3.8, 4) is 5.88 Å². The zero-order valence-corrected chi connectivity index (χ0v) is 17.8. The molecule has 3 N–H and O–H groups in total. The first-order valence-electron chi connectivity index (χ1n) is 10.1. The fraction of sp³-hybridized carbons (Fsp3) is 0.500. The highest BCUT2D eigenvalue weighted by Gasteiger charge is 2.33. The molecule has 0 unspecified atom stereocenters. The van der Waals surface area contributed by atoms with Gasteiger partial charge in [-0.05, 0) is 53.9 Å². The number of amides is 2. The van der Waals surface area contributed by atoms with Gasteiger partial charge in [0, 0.05) is 12.8 Å². The number of hydrogen-bond acceptors (Lipinski definition) is 5. The van der Waals surface area contributed by atoms with Gasteiger partial charge >= 0.3 is 6.03 Å². The Kier molecular flexibility index (Phi) is 4.60. The van der Waals surface area contributed by atoms with Crippen molar-refractivity contribution >= 4 is 21.6 Å². The minimum absolute atomic E-state index is 0.121. The van der Waals surface area contributed by atoms with E-state index in [0.717, 1.165) is 31.4 Å². The number of rotatable bonds is 4. The number of nitrogens with one attached hydrogen (secondary N) is 1. The van der Waals surface area contributed by atoms with Crippen LogP contribution < -0.4 is 15.2 Å². The second-order valence-electron chi connectivity index (χ2n) is 8.20. The molecule has 3 atom stereocenters. The van der Waals surface area contributed by atoms with Crippen molar-refractivity contribution in [1.29, 1.82) is 0 Å². The summed E-state index contributed by atoms with van der Waals surface area (Å²) in [5.74, 6) is 0.660. The smallest absolute Gasteiger partial charge is 0.354 e. The molecular weight excluding hydrogens is 406 g/mol. The largest absolute Gasteiger partial charge is 0.469 e. The van der Waals surface area contributed by atoms with Gasteiger partial charge in [0.2, 0.25) is 5.88 Å².